The van der Waals surface area contributed by atoms with Crippen LogP contribution in [0.2, 0.25) is 5.02 Å². The maximum Gasteiger partial charge on any atom is 0.121 e. The molecule has 2 rings (SSSR count). The first kappa shape index (κ1) is 11.7. The molecule has 1 aromatic carbocycles. The van der Waals surface area contributed by atoms with Crippen molar-refractivity contribution in [2.24, 2.45) is 5.92 Å². The van der Waals surface area contributed by atoms with Crippen molar-refractivity contribution in [3.8, 4) is 5.75 Å². The van der Waals surface area contributed by atoms with Gasteiger partial charge in [-0.25, -0.2) is 0 Å². The van der Waals surface area contributed by atoms with E-state index in [2.05, 4.69) is 19.2 Å². The second-order valence-corrected chi connectivity index (χ2v) is 5.49. The van der Waals surface area contributed by atoms with Gasteiger partial charge >= 0.3 is 0 Å². The molecule has 0 aliphatic heterocycles. The number of benzene rings is 1. The van der Waals surface area contributed by atoms with Crippen molar-refractivity contribution in [3.63, 3.8) is 0 Å². The Labute approximate surface area is 102 Å². The molecule has 1 aliphatic rings. The fourth-order valence-electron chi connectivity index (χ4n) is 1.99. The van der Waals surface area contributed by atoms with E-state index in [0.717, 1.165) is 11.5 Å². The highest BCUT2D eigenvalue weighted by Gasteiger charge is 2.37. The van der Waals surface area contributed by atoms with Crippen molar-refractivity contribution < 1.29 is 5.11 Å². The van der Waals surface area contributed by atoms with Crippen LogP contribution in [0, 0.1) is 5.92 Å². The van der Waals surface area contributed by atoms with E-state index >= 15 is 0 Å². The Morgan fingerprint density at radius 3 is 2.69 bits per heavy atom. The molecule has 0 saturated heterocycles. The van der Waals surface area contributed by atoms with E-state index in [9.17, 15) is 5.11 Å². The molecule has 0 unspecified atom stereocenters. The summed E-state index contributed by atoms with van der Waals surface area (Å²) in [6, 6.07) is 5.24. The second-order valence-electron chi connectivity index (χ2n) is 5.09. The van der Waals surface area contributed by atoms with Gasteiger partial charge in [0, 0.05) is 22.7 Å². The SMILES string of the molecule is CC(C)(NCc1c(O)cccc1Cl)C1CC1. The van der Waals surface area contributed by atoms with Gasteiger partial charge in [0.15, 0.2) is 0 Å². The van der Waals surface area contributed by atoms with E-state index in [4.69, 9.17) is 11.6 Å². The predicted octanol–water partition coefficient (Wildman–Crippen LogP) is 3.32. The van der Waals surface area contributed by atoms with E-state index in [0.29, 0.717) is 11.6 Å². The minimum absolute atomic E-state index is 0.131. The van der Waals surface area contributed by atoms with Crippen LogP contribution < -0.4 is 5.32 Å². The summed E-state index contributed by atoms with van der Waals surface area (Å²) in [5.74, 6) is 1.03. The molecule has 0 heterocycles. The number of aromatic hydroxyl groups is 1. The molecular formula is C13H18ClNO. The Morgan fingerprint density at radius 1 is 1.44 bits per heavy atom. The third-order valence-corrected chi connectivity index (χ3v) is 3.77. The molecule has 88 valence electrons. The van der Waals surface area contributed by atoms with Crippen LogP contribution >= 0.6 is 11.6 Å². The zero-order valence-corrected chi connectivity index (χ0v) is 10.5. The topological polar surface area (TPSA) is 32.3 Å². The third-order valence-electron chi connectivity index (χ3n) is 3.41. The molecule has 1 fully saturated rings. The van der Waals surface area contributed by atoms with Crippen molar-refractivity contribution in [1.29, 1.82) is 0 Å². The quantitative estimate of drug-likeness (QED) is 0.845. The first-order chi connectivity index (χ1) is 7.50. The summed E-state index contributed by atoms with van der Waals surface area (Å²) in [7, 11) is 0. The lowest BCUT2D eigenvalue weighted by molar-refractivity contribution is 0.336. The number of phenols is 1. The zero-order chi connectivity index (χ0) is 11.8. The number of hydrogen-bond donors (Lipinski definition) is 2. The maximum absolute atomic E-state index is 9.72. The van der Waals surface area contributed by atoms with E-state index in [1.165, 1.54) is 12.8 Å². The Hall–Kier alpha value is -0.730. The van der Waals surface area contributed by atoms with Crippen LogP contribution in [0.1, 0.15) is 32.3 Å². The third kappa shape index (κ3) is 2.50. The fraction of sp³-hybridized carbons (Fsp3) is 0.538. The summed E-state index contributed by atoms with van der Waals surface area (Å²) in [5, 5.41) is 13.8. The van der Waals surface area contributed by atoms with Crippen LogP contribution in [-0.4, -0.2) is 10.6 Å². The van der Waals surface area contributed by atoms with Gasteiger partial charge in [-0.2, -0.15) is 0 Å². The van der Waals surface area contributed by atoms with Gasteiger partial charge in [-0.15, -0.1) is 0 Å². The highest BCUT2D eigenvalue weighted by atomic mass is 35.5. The molecule has 1 aromatic rings. The predicted molar refractivity (Wildman–Crippen MR) is 66.8 cm³/mol. The van der Waals surface area contributed by atoms with Crippen molar-refractivity contribution in [2.75, 3.05) is 0 Å². The van der Waals surface area contributed by atoms with Gasteiger partial charge in [0.1, 0.15) is 5.75 Å². The Bertz CT molecular complexity index is 365. The molecule has 0 amide bonds. The van der Waals surface area contributed by atoms with Crippen LogP contribution in [0.4, 0.5) is 0 Å². The van der Waals surface area contributed by atoms with Gasteiger partial charge in [-0.1, -0.05) is 17.7 Å². The first-order valence-corrected chi connectivity index (χ1v) is 6.10. The van der Waals surface area contributed by atoms with Crippen molar-refractivity contribution >= 4 is 11.6 Å². The lowest BCUT2D eigenvalue weighted by Gasteiger charge is -2.26. The molecule has 1 saturated carbocycles. The summed E-state index contributed by atoms with van der Waals surface area (Å²) in [6.45, 7) is 5.03. The van der Waals surface area contributed by atoms with E-state index in [1.807, 2.05) is 6.07 Å². The van der Waals surface area contributed by atoms with E-state index < -0.39 is 0 Å². The van der Waals surface area contributed by atoms with Gasteiger partial charge in [0.2, 0.25) is 0 Å². The summed E-state index contributed by atoms with van der Waals surface area (Å²) < 4.78 is 0. The summed E-state index contributed by atoms with van der Waals surface area (Å²) >= 11 is 6.05. The number of hydrogen-bond acceptors (Lipinski definition) is 2. The van der Waals surface area contributed by atoms with Gasteiger partial charge in [0.25, 0.3) is 0 Å². The molecule has 0 atom stereocenters. The minimum atomic E-state index is 0.131. The summed E-state index contributed by atoms with van der Waals surface area (Å²) in [5.41, 5.74) is 0.920. The largest absolute Gasteiger partial charge is 0.508 e. The number of phenolic OH excluding ortho intramolecular Hbond substituents is 1. The standard InChI is InChI=1S/C13H18ClNO/c1-13(2,9-6-7-9)15-8-10-11(14)4-3-5-12(10)16/h3-5,9,15-16H,6-8H2,1-2H3. The van der Waals surface area contributed by atoms with Crippen LogP contribution in [-0.2, 0) is 6.54 Å². The highest BCUT2D eigenvalue weighted by molar-refractivity contribution is 6.31. The van der Waals surface area contributed by atoms with Gasteiger partial charge in [0.05, 0.1) is 0 Å². The molecule has 1 aliphatic carbocycles. The molecular weight excluding hydrogens is 222 g/mol. The zero-order valence-electron chi connectivity index (χ0n) is 9.76. The number of rotatable bonds is 4. The average molecular weight is 240 g/mol. The van der Waals surface area contributed by atoms with Crippen LogP contribution in [0.15, 0.2) is 18.2 Å². The lowest BCUT2D eigenvalue weighted by atomic mass is 9.98. The van der Waals surface area contributed by atoms with Crippen LogP contribution in [0.5, 0.6) is 5.75 Å². The fourth-order valence-corrected chi connectivity index (χ4v) is 2.22. The van der Waals surface area contributed by atoms with Crippen LogP contribution in [0.3, 0.4) is 0 Å². The molecule has 0 bridgehead atoms. The van der Waals surface area contributed by atoms with Gasteiger partial charge in [-0.3, -0.25) is 0 Å². The summed E-state index contributed by atoms with van der Waals surface area (Å²) in [6.07, 6.45) is 2.60. The van der Waals surface area contributed by atoms with Crippen molar-refractivity contribution in [3.05, 3.63) is 28.8 Å². The monoisotopic (exact) mass is 239 g/mol. The van der Waals surface area contributed by atoms with Gasteiger partial charge in [-0.05, 0) is 44.7 Å². The normalized spacial score (nSPS) is 16.4. The van der Waals surface area contributed by atoms with E-state index in [-0.39, 0.29) is 11.3 Å². The number of nitrogens with one attached hydrogen (secondary N) is 1. The molecule has 0 radical (unpaired) electrons. The van der Waals surface area contributed by atoms with Crippen molar-refractivity contribution in [1.82, 2.24) is 5.32 Å². The summed E-state index contributed by atoms with van der Waals surface area (Å²) in [4.78, 5) is 0. The lowest BCUT2D eigenvalue weighted by Crippen LogP contribution is -2.40. The first-order valence-electron chi connectivity index (χ1n) is 5.72. The molecule has 16 heavy (non-hydrogen) atoms. The molecule has 2 N–H and O–H groups in total. The highest BCUT2D eigenvalue weighted by Crippen LogP contribution is 2.39. The smallest absolute Gasteiger partial charge is 0.121 e. The molecule has 0 spiro atoms. The second kappa shape index (κ2) is 4.27. The Morgan fingerprint density at radius 2 is 2.12 bits per heavy atom. The minimum Gasteiger partial charge on any atom is -0.508 e. The molecule has 3 heteroatoms. The maximum atomic E-state index is 9.72. The Kier molecular flexibility index (Phi) is 3.13. The average Bonchev–Trinajstić information content (AvgIpc) is 2.99. The van der Waals surface area contributed by atoms with Crippen molar-refractivity contribution in [2.45, 2.75) is 38.8 Å². The Balaban J connectivity index is 2.04. The van der Waals surface area contributed by atoms with E-state index in [1.54, 1.807) is 12.1 Å². The number of halogens is 1. The van der Waals surface area contributed by atoms with Crippen LogP contribution in [0.25, 0.3) is 0 Å². The molecule has 0 aromatic heterocycles. The molecule has 2 nitrogen and oxygen atoms in total. The van der Waals surface area contributed by atoms with Gasteiger partial charge < -0.3 is 10.4 Å².